The highest BCUT2D eigenvalue weighted by molar-refractivity contribution is 7.92. The van der Waals surface area contributed by atoms with Crippen LogP contribution < -0.4 is 5.32 Å². The summed E-state index contributed by atoms with van der Waals surface area (Å²) in [5, 5.41) is 3.67. The summed E-state index contributed by atoms with van der Waals surface area (Å²) in [6.07, 6.45) is 8.19. The summed E-state index contributed by atoms with van der Waals surface area (Å²) in [7, 11) is -3.88. The lowest BCUT2D eigenvalue weighted by atomic mass is 9.89. The van der Waals surface area contributed by atoms with E-state index < -0.39 is 15.3 Å². The van der Waals surface area contributed by atoms with E-state index in [1.165, 1.54) is 50.3 Å². The Balaban J connectivity index is 1.34. The van der Waals surface area contributed by atoms with Crippen LogP contribution in [0.2, 0.25) is 10.0 Å². The van der Waals surface area contributed by atoms with Gasteiger partial charge >= 0.3 is 0 Å². The summed E-state index contributed by atoms with van der Waals surface area (Å²) in [6.45, 7) is 4.61. The molecule has 1 aromatic rings. The van der Waals surface area contributed by atoms with Crippen molar-refractivity contribution in [2.75, 3.05) is 45.9 Å². The van der Waals surface area contributed by atoms with Crippen LogP contribution in [-0.2, 0) is 19.4 Å². The first kappa shape index (κ1) is 26.2. The third-order valence-electron chi connectivity index (χ3n) is 7.29. The molecule has 0 aromatic heterocycles. The number of carbonyl (C=O) groups excluding carboxylic acids is 1. The quantitative estimate of drug-likeness (QED) is 0.552. The predicted octanol–water partition coefficient (Wildman–Crippen LogP) is 3.59. The molecule has 7 nitrogen and oxygen atoms in total. The van der Waals surface area contributed by atoms with E-state index in [0.717, 1.165) is 38.5 Å². The molecule has 1 aliphatic carbocycles. The molecule has 2 atom stereocenters. The maximum Gasteiger partial charge on any atom is 0.248 e. The molecule has 0 radical (unpaired) electrons. The van der Waals surface area contributed by atoms with Gasteiger partial charge in [-0.05, 0) is 56.3 Å². The van der Waals surface area contributed by atoms with E-state index in [1.54, 1.807) is 4.90 Å². The number of ether oxygens (including phenoxy) is 1. The smallest absolute Gasteiger partial charge is 0.248 e. The van der Waals surface area contributed by atoms with Crippen LogP contribution in [0.4, 0.5) is 0 Å². The molecule has 2 unspecified atom stereocenters. The molecular weight excluding hydrogens is 497 g/mol. The zero-order valence-corrected chi connectivity index (χ0v) is 21.9. The highest BCUT2D eigenvalue weighted by atomic mass is 35.5. The number of nitrogens with zero attached hydrogens (tertiary/aromatic N) is 2. The van der Waals surface area contributed by atoms with Gasteiger partial charge in [0.2, 0.25) is 15.7 Å². The lowest BCUT2D eigenvalue weighted by Crippen LogP contribution is -2.51. The van der Waals surface area contributed by atoms with Gasteiger partial charge in [-0.1, -0.05) is 42.5 Å². The van der Waals surface area contributed by atoms with Crippen LogP contribution >= 0.6 is 23.2 Å². The third-order valence-corrected chi connectivity index (χ3v) is 10.0. The summed E-state index contributed by atoms with van der Waals surface area (Å²) >= 11 is 12.0. The van der Waals surface area contributed by atoms with Gasteiger partial charge in [-0.15, -0.1) is 0 Å². The fourth-order valence-corrected chi connectivity index (χ4v) is 7.40. The molecule has 0 bridgehead atoms. The van der Waals surface area contributed by atoms with Crippen molar-refractivity contribution in [3.05, 3.63) is 28.2 Å². The zero-order valence-electron chi connectivity index (χ0n) is 19.6. The summed E-state index contributed by atoms with van der Waals surface area (Å²) in [6, 6.07) is 3.87. The van der Waals surface area contributed by atoms with Crippen molar-refractivity contribution in [2.45, 2.75) is 61.3 Å². The minimum atomic E-state index is -3.88. The Hall–Kier alpha value is -0.900. The van der Waals surface area contributed by atoms with Crippen molar-refractivity contribution in [1.29, 1.82) is 0 Å². The number of halogens is 2. The van der Waals surface area contributed by atoms with E-state index in [-0.39, 0.29) is 33.5 Å². The van der Waals surface area contributed by atoms with E-state index >= 15 is 0 Å². The summed E-state index contributed by atoms with van der Waals surface area (Å²) in [5.41, 5.74) is -1.16. The number of sulfone groups is 1. The number of piperazine rings is 1. The van der Waals surface area contributed by atoms with Crippen molar-refractivity contribution >= 4 is 38.9 Å². The molecule has 0 spiro atoms. The molecule has 1 saturated carbocycles. The predicted molar refractivity (Wildman–Crippen MR) is 134 cm³/mol. The Labute approximate surface area is 213 Å². The molecule has 3 aliphatic rings. The van der Waals surface area contributed by atoms with Crippen LogP contribution in [0.15, 0.2) is 23.1 Å². The zero-order chi connectivity index (χ0) is 24.1. The van der Waals surface area contributed by atoms with Gasteiger partial charge in [0.15, 0.2) is 5.44 Å². The normalized spacial score (nSPS) is 23.8. The highest BCUT2D eigenvalue weighted by Crippen LogP contribution is 2.29. The van der Waals surface area contributed by atoms with Crippen molar-refractivity contribution in [1.82, 2.24) is 15.1 Å². The molecule has 10 heteroatoms. The van der Waals surface area contributed by atoms with Gasteiger partial charge in [-0.3, -0.25) is 9.69 Å². The lowest BCUT2D eigenvalue weighted by Gasteiger charge is -2.37. The molecule has 3 fully saturated rings. The van der Waals surface area contributed by atoms with E-state index in [0.29, 0.717) is 19.5 Å². The third kappa shape index (κ3) is 6.45. The SMILES string of the molecule is O=C(COC(C1CCCN1)S(=O)(=O)c1ccc(Cl)c(Cl)c1)N1CCN(CC2CCCCC2)CC1. The van der Waals surface area contributed by atoms with Crippen LogP contribution in [0.3, 0.4) is 0 Å². The number of hydrogen-bond donors (Lipinski definition) is 1. The van der Waals surface area contributed by atoms with Gasteiger partial charge in [0.05, 0.1) is 14.9 Å². The second kappa shape index (κ2) is 11.9. The number of amides is 1. The van der Waals surface area contributed by atoms with Crippen LogP contribution in [0, 0.1) is 5.92 Å². The first-order chi connectivity index (χ1) is 16.3. The molecule has 2 saturated heterocycles. The van der Waals surface area contributed by atoms with Crippen molar-refractivity contribution in [3.63, 3.8) is 0 Å². The summed E-state index contributed by atoms with van der Waals surface area (Å²) in [4.78, 5) is 17.2. The Morgan fingerprint density at radius 2 is 1.76 bits per heavy atom. The van der Waals surface area contributed by atoms with Crippen LogP contribution in [0.5, 0.6) is 0 Å². The van der Waals surface area contributed by atoms with E-state index in [9.17, 15) is 13.2 Å². The molecule has 190 valence electrons. The first-order valence-electron chi connectivity index (χ1n) is 12.4. The number of rotatable bonds is 8. The van der Waals surface area contributed by atoms with Crippen molar-refractivity contribution in [2.24, 2.45) is 5.92 Å². The summed E-state index contributed by atoms with van der Waals surface area (Å²) < 4.78 is 32.7. The minimum Gasteiger partial charge on any atom is -0.350 e. The number of benzene rings is 1. The topological polar surface area (TPSA) is 78.9 Å². The van der Waals surface area contributed by atoms with Crippen molar-refractivity contribution in [3.8, 4) is 0 Å². The Bertz CT molecular complexity index is 942. The molecule has 4 rings (SSSR count). The minimum absolute atomic E-state index is 0.0457. The average Bonchev–Trinajstić information content (AvgIpc) is 3.36. The maximum absolute atomic E-state index is 13.4. The largest absolute Gasteiger partial charge is 0.350 e. The average molecular weight is 533 g/mol. The fourth-order valence-electron chi connectivity index (χ4n) is 5.31. The van der Waals surface area contributed by atoms with E-state index in [2.05, 4.69) is 10.2 Å². The summed E-state index contributed by atoms with van der Waals surface area (Å²) in [5.74, 6) is 0.621. The Kier molecular flexibility index (Phi) is 9.15. The van der Waals surface area contributed by atoms with Gasteiger partial charge < -0.3 is 15.0 Å². The first-order valence-corrected chi connectivity index (χ1v) is 14.7. The van der Waals surface area contributed by atoms with Crippen LogP contribution in [0.1, 0.15) is 44.9 Å². The monoisotopic (exact) mass is 531 g/mol. The molecule has 34 heavy (non-hydrogen) atoms. The Morgan fingerprint density at radius 3 is 2.41 bits per heavy atom. The van der Waals surface area contributed by atoms with Crippen LogP contribution in [0.25, 0.3) is 0 Å². The fraction of sp³-hybridized carbons (Fsp3) is 0.708. The number of nitrogens with one attached hydrogen (secondary N) is 1. The van der Waals surface area contributed by atoms with Crippen LogP contribution in [-0.4, -0.2) is 81.5 Å². The molecule has 2 aliphatic heterocycles. The number of hydrogen-bond acceptors (Lipinski definition) is 6. The van der Waals surface area contributed by atoms with Gasteiger partial charge in [-0.25, -0.2) is 8.42 Å². The van der Waals surface area contributed by atoms with Gasteiger partial charge in [0, 0.05) is 38.8 Å². The molecule has 1 amide bonds. The maximum atomic E-state index is 13.4. The van der Waals surface area contributed by atoms with E-state index in [1.807, 2.05) is 0 Å². The highest BCUT2D eigenvalue weighted by Gasteiger charge is 2.38. The molecule has 2 heterocycles. The van der Waals surface area contributed by atoms with Gasteiger partial charge in [0.1, 0.15) is 6.61 Å². The number of carbonyl (C=O) groups is 1. The van der Waals surface area contributed by atoms with Crippen molar-refractivity contribution < 1.29 is 17.9 Å². The van der Waals surface area contributed by atoms with Gasteiger partial charge in [0.25, 0.3) is 0 Å². The Morgan fingerprint density at radius 1 is 1.03 bits per heavy atom. The standard InChI is InChI=1S/C24H35Cl2N3O4S/c25-20-9-8-19(15-21(20)26)34(31,32)24(22-7-4-10-27-22)33-17-23(30)29-13-11-28(12-14-29)16-18-5-2-1-3-6-18/h8-9,15,18,22,24,27H,1-7,10-14,16-17H2. The second-order valence-electron chi connectivity index (χ2n) is 9.69. The van der Waals surface area contributed by atoms with Gasteiger partial charge in [-0.2, -0.15) is 0 Å². The second-order valence-corrected chi connectivity index (χ2v) is 12.5. The van der Waals surface area contributed by atoms with E-state index in [4.69, 9.17) is 27.9 Å². The molecule has 1 N–H and O–H groups in total. The molecule has 1 aromatic carbocycles. The lowest BCUT2D eigenvalue weighted by molar-refractivity contribution is -0.138. The molecular formula is C24H35Cl2N3O4S.